The molecule has 246 valence electrons. The molecule has 4 fully saturated rings. The van der Waals surface area contributed by atoms with E-state index in [-0.39, 0.29) is 61.4 Å². The lowest BCUT2D eigenvalue weighted by Gasteiger charge is -2.32. The Bertz CT molecular complexity index is 1530. The van der Waals surface area contributed by atoms with Gasteiger partial charge in [-0.05, 0) is 74.2 Å². The molecule has 4 atom stereocenters. The smallest absolute Gasteiger partial charge is 0.247 e. The molecule has 4 aliphatic rings. The van der Waals surface area contributed by atoms with Crippen LogP contribution in [0.25, 0.3) is 22.8 Å². The number of hydrogen-bond donors (Lipinski definition) is 4. The van der Waals surface area contributed by atoms with Gasteiger partial charge in [0.15, 0.2) is 5.76 Å². The topological polar surface area (TPSA) is 165 Å². The Kier molecular flexibility index (Phi) is 8.54. The third-order valence-electron chi connectivity index (χ3n) is 9.98. The fraction of sp³-hybridized carbons (Fsp3) is 0.457. The van der Waals surface area contributed by atoms with Crippen molar-refractivity contribution in [2.24, 2.45) is 11.8 Å². The molecule has 2 aliphatic heterocycles. The predicted octanol–water partition coefficient (Wildman–Crippen LogP) is 3.41. The molecule has 4 amide bonds. The van der Waals surface area contributed by atoms with Crippen LogP contribution in [0.1, 0.15) is 51.4 Å². The number of amides is 4. The van der Waals surface area contributed by atoms with E-state index < -0.39 is 24.3 Å². The van der Waals surface area contributed by atoms with Crippen molar-refractivity contribution in [2.45, 2.75) is 75.7 Å². The molecule has 3 heterocycles. The van der Waals surface area contributed by atoms with E-state index in [0.29, 0.717) is 28.6 Å². The van der Waals surface area contributed by atoms with Crippen molar-refractivity contribution in [1.82, 2.24) is 14.8 Å². The number of likely N-dealkylation sites (tertiary alicyclic amines) is 2. The number of β-amino-alcohol motifs (C(OH)–C–C–N with tert-alkyl or cyclic N) is 2. The molecular formula is C35H39N5O7. The van der Waals surface area contributed by atoms with Crippen LogP contribution in [0.3, 0.4) is 0 Å². The molecule has 2 aliphatic carbocycles. The van der Waals surface area contributed by atoms with E-state index in [4.69, 9.17) is 4.42 Å². The number of aliphatic hydroxyl groups excluding tert-OH is 2. The number of carbonyl (C=O) groups is 4. The predicted molar refractivity (Wildman–Crippen MR) is 172 cm³/mol. The highest BCUT2D eigenvalue weighted by molar-refractivity contribution is 5.99. The van der Waals surface area contributed by atoms with Crippen LogP contribution in [0.5, 0.6) is 0 Å². The quantitative estimate of drug-likeness (QED) is 0.291. The van der Waals surface area contributed by atoms with E-state index >= 15 is 0 Å². The fourth-order valence-electron chi connectivity index (χ4n) is 6.80. The van der Waals surface area contributed by atoms with Crippen LogP contribution in [-0.4, -0.2) is 86.0 Å². The summed E-state index contributed by atoms with van der Waals surface area (Å²) in [6, 6.07) is 12.8. The number of anilines is 2. The monoisotopic (exact) mass is 641 g/mol. The summed E-state index contributed by atoms with van der Waals surface area (Å²) in [7, 11) is 0. The summed E-state index contributed by atoms with van der Waals surface area (Å²) in [6.45, 7) is 0.368. The lowest BCUT2D eigenvalue weighted by Crippen LogP contribution is -2.47. The highest BCUT2D eigenvalue weighted by atomic mass is 16.4. The van der Waals surface area contributed by atoms with Gasteiger partial charge in [0, 0.05) is 60.3 Å². The maximum atomic E-state index is 13.1. The number of oxazole rings is 1. The zero-order valence-electron chi connectivity index (χ0n) is 26.0. The van der Waals surface area contributed by atoms with Gasteiger partial charge in [0.2, 0.25) is 29.5 Å². The molecule has 1 aromatic heterocycles. The molecule has 4 N–H and O–H groups in total. The van der Waals surface area contributed by atoms with Gasteiger partial charge in [-0.25, -0.2) is 4.98 Å². The lowest BCUT2D eigenvalue weighted by atomic mass is 9.84. The number of hydrogen-bond acceptors (Lipinski definition) is 8. The fourth-order valence-corrected chi connectivity index (χ4v) is 6.80. The number of rotatable bonds is 8. The average molecular weight is 642 g/mol. The van der Waals surface area contributed by atoms with Crippen LogP contribution in [-0.2, 0) is 19.2 Å². The molecule has 12 nitrogen and oxygen atoms in total. The Labute approximate surface area is 272 Å². The highest BCUT2D eigenvalue weighted by Crippen LogP contribution is 2.34. The molecule has 7 rings (SSSR count). The van der Waals surface area contributed by atoms with Crippen LogP contribution in [0.15, 0.2) is 59.1 Å². The van der Waals surface area contributed by atoms with E-state index in [0.717, 1.165) is 44.1 Å². The van der Waals surface area contributed by atoms with E-state index in [2.05, 4.69) is 15.6 Å². The van der Waals surface area contributed by atoms with Crippen LogP contribution in [0.4, 0.5) is 11.4 Å². The van der Waals surface area contributed by atoms with Crippen LogP contribution >= 0.6 is 0 Å². The van der Waals surface area contributed by atoms with Gasteiger partial charge >= 0.3 is 0 Å². The third-order valence-corrected chi connectivity index (χ3v) is 9.98. The molecule has 0 radical (unpaired) electrons. The Balaban J connectivity index is 0.953. The molecular weight excluding hydrogens is 602 g/mol. The zero-order chi connectivity index (χ0) is 32.7. The number of benzene rings is 2. The Hall–Kier alpha value is -4.55. The summed E-state index contributed by atoms with van der Waals surface area (Å²) < 4.78 is 6.01. The number of nitrogens with one attached hydrogen (secondary N) is 2. The Morgan fingerprint density at radius 3 is 1.55 bits per heavy atom. The van der Waals surface area contributed by atoms with Gasteiger partial charge in [-0.1, -0.05) is 12.8 Å². The second-order valence-electron chi connectivity index (χ2n) is 13.2. The lowest BCUT2D eigenvalue weighted by molar-refractivity contribution is -0.142. The van der Waals surface area contributed by atoms with E-state index in [9.17, 15) is 29.4 Å². The first kappa shape index (κ1) is 31.1. The molecule has 3 aromatic rings. The number of nitrogens with zero attached hydrogens (tertiary/aromatic N) is 3. The van der Waals surface area contributed by atoms with Crippen LogP contribution in [0.2, 0.25) is 0 Å². The number of aromatic nitrogens is 1. The molecule has 0 bridgehead atoms. The molecule has 0 spiro atoms. The minimum absolute atomic E-state index is 0.0431. The Morgan fingerprint density at radius 1 is 0.681 bits per heavy atom. The van der Waals surface area contributed by atoms with Crippen molar-refractivity contribution < 1.29 is 33.8 Å². The molecule has 2 aromatic carbocycles. The third kappa shape index (κ3) is 6.39. The summed E-state index contributed by atoms with van der Waals surface area (Å²) in [6.07, 6.45) is 6.03. The van der Waals surface area contributed by atoms with Gasteiger partial charge in [-0.3, -0.25) is 19.2 Å². The van der Waals surface area contributed by atoms with E-state index in [1.165, 1.54) is 9.80 Å². The summed E-state index contributed by atoms with van der Waals surface area (Å²) in [5.74, 6) is 0.109. The first-order chi connectivity index (χ1) is 22.7. The average Bonchev–Trinajstić information content (AvgIpc) is 3.75. The zero-order valence-corrected chi connectivity index (χ0v) is 26.0. The minimum Gasteiger partial charge on any atom is -0.436 e. The molecule has 2 saturated carbocycles. The highest BCUT2D eigenvalue weighted by Gasteiger charge is 2.43. The molecule has 4 unspecified atom stereocenters. The van der Waals surface area contributed by atoms with Crippen LogP contribution in [0, 0.1) is 11.8 Å². The maximum absolute atomic E-state index is 13.1. The standard InChI is InChI=1S/C35H39N5O7/c41-26-15-28(39(18-26)34(45)22-3-1-4-22)31(43)37-24-11-7-20(8-12-24)30-17-36-33(47-30)21-9-13-25(14-10-21)38-32(44)29-16-27(42)19-40(29)35(46)23-5-2-6-23/h7-14,17,22-23,26-29,41-42H,1-6,15-16,18-19H2,(H,37,43)(H,38,44). The summed E-state index contributed by atoms with van der Waals surface area (Å²) in [5, 5.41) is 26.1. The molecule has 12 heteroatoms. The first-order valence-corrected chi connectivity index (χ1v) is 16.5. The first-order valence-electron chi connectivity index (χ1n) is 16.5. The minimum atomic E-state index is -0.711. The summed E-state index contributed by atoms with van der Waals surface area (Å²) >= 11 is 0. The molecule has 2 saturated heterocycles. The summed E-state index contributed by atoms with van der Waals surface area (Å²) in [5.41, 5.74) is 2.58. The van der Waals surface area contributed by atoms with Gasteiger partial charge in [-0.2, -0.15) is 0 Å². The second-order valence-corrected chi connectivity index (χ2v) is 13.2. The SMILES string of the molecule is O=C(Nc1ccc(-c2cnc(-c3ccc(NC(=O)C4CC(O)CN4C(=O)C4CCC4)cc3)o2)cc1)C1CC(O)CN1C(=O)C1CCC1. The number of aliphatic hydroxyl groups is 2. The summed E-state index contributed by atoms with van der Waals surface area (Å²) in [4.78, 5) is 59.2. The van der Waals surface area contributed by atoms with Gasteiger partial charge in [0.05, 0.1) is 18.4 Å². The van der Waals surface area contributed by atoms with Gasteiger partial charge in [-0.15, -0.1) is 0 Å². The second kappa shape index (κ2) is 12.9. The van der Waals surface area contributed by atoms with Crippen molar-refractivity contribution in [1.29, 1.82) is 0 Å². The largest absolute Gasteiger partial charge is 0.436 e. The van der Waals surface area contributed by atoms with Crippen molar-refractivity contribution in [2.75, 3.05) is 23.7 Å². The van der Waals surface area contributed by atoms with Crippen LogP contribution < -0.4 is 10.6 Å². The number of carbonyl (C=O) groups excluding carboxylic acids is 4. The Morgan fingerprint density at radius 2 is 1.13 bits per heavy atom. The van der Waals surface area contributed by atoms with Crippen molar-refractivity contribution >= 4 is 35.0 Å². The van der Waals surface area contributed by atoms with Gasteiger partial charge < -0.3 is 35.1 Å². The maximum Gasteiger partial charge on any atom is 0.247 e. The van der Waals surface area contributed by atoms with Gasteiger partial charge in [0.25, 0.3) is 0 Å². The van der Waals surface area contributed by atoms with Crippen molar-refractivity contribution in [3.63, 3.8) is 0 Å². The van der Waals surface area contributed by atoms with Gasteiger partial charge in [0.1, 0.15) is 12.1 Å². The van der Waals surface area contributed by atoms with E-state index in [1.807, 2.05) is 0 Å². The molecule has 47 heavy (non-hydrogen) atoms. The van der Waals surface area contributed by atoms with E-state index in [1.54, 1.807) is 54.7 Å². The van der Waals surface area contributed by atoms with Crippen molar-refractivity contribution in [3.05, 3.63) is 54.7 Å². The normalized spacial score (nSPS) is 24.5. The van der Waals surface area contributed by atoms with Crippen molar-refractivity contribution in [3.8, 4) is 22.8 Å².